The van der Waals surface area contributed by atoms with Crippen molar-refractivity contribution in [2.24, 2.45) is 0 Å². The van der Waals surface area contributed by atoms with Crippen LogP contribution in [0.1, 0.15) is 33.3 Å². The Morgan fingerprint density at radius 3 is 2.41 bits per heavy atom. The van der Waals surface area contributed by atoms with Gasteiger partial charge in [-0.2, -0.15) is 0 Å². The molecule has 1 aromatic rings. The standard InChI is InChI=1S/C16H24N2O4/c1-6-21-14(19)10-18(15(20)22-16(3,4)5)12-7-8-13(17)11(2)9-12/h7-9H,6,10,17H2,1-5H3. The molecule has 1 rings (SSSR count). The van der Waals surface area contributed by atoms with E-state index in [4.69, 9.17) is 15.2 Å². The van der Waals surface area contributed by atoms with Crippen molar-refractivity contribution in [1.29, 1.82) is 0 Å². The first-order chi connectivity index (χ1) is 10.1. The Morgan fingerprint density at radius 2 is 1.91 bits per heavy atom. The third-order valence-corrected chi connectivity index (χ3v) is 2.77. The number of benzene rings is 1. The molecule has 0 bridgehead atoms. The number of ether oxygens (including phenoxy) is 2. The first-order valence-corrected chi connectivity index (χ1v) is 7.16. The van der Waals surface area contributed by atoms with E-state index in [9.17, 15) is 9.59 Å². The van der Waals surface area contributed by atoms with Gasteiger partial charge in [-0.1, -0.05) is 0 Å². The number of carbonyl (C=O) groups is 2. The summed E-state index contributed by atoms with van der Waals surface area (Å²) < 4.78 is 10.3. The fourth-order valence-electron chi connectivity index (χ4n) is 1.74. The summed E-state index contributed by atoms with van der Waals surface area (Å²) in [5.74, 6) is -0.497. The van der Waals surface area contributed by atoms with Gasteiger partial charge in [0.2, 0.25) is 0 Å². The number of rotatable bonds is 4. The van der Waals surface area contributed by atoms with E-state index in [1.165, 1.54) is 4.90 Å². The highest BCUT2D eigenvalue weighted by atomic mass is 16.6. The van der Waals surface area contributed by atoms with Crippen LogP contribution in [0.2, 0.25) is 0 Å². The molecular formula is C16H24N2O4. The van der Waals surface area contributed by atoms with Crippen molar-refractivity contribution in [2.45, 2.75) is 40.2 Å². The number of anilines is 2. The summed E-state index contributed by atoms with van der Waals surface area (Å²) in [6.45, 7) is 8.87. The lowest BCUT2D eigenvalue weighted by Gasteiger charge is -2.27. The molecule has 0 radical (unpaired) electrons. The predicted octanol–water partition coefficient (Wildman–Crippen LogP) is 2.88. The van der Waals surface area contributed by atoms with Crippen molar-refractivity contribution in [2.75, 3.05) is 23.8 Å². The summed E-state index contributed by atoms with van der Waals surface area (Å²) in [7, 11) is 0. The lowest BCUT2D eigenvalue weighted by atomic mass is 10.1. The van der Waals surface area contributed by atoms with E-state index in [1.54, 1.807) is 45.9 Å². The molecule has 0 aliphatic heterocycles. The maximum absolute atomic E-state index is 12.4. The van der Waals surface area contributed by atoms with Crippen molar-refractivity contribution in [1.82, 2.24) is 0 Å². The number of hydrogen-bond donors (Lipinski definition) is 1. The van der Waals surface area contributed by atoms with Gasteiger partial charge >= 0.3 is 12.1 Å². The van der Waals surface area contributed by atoms with Crippen LogP contribution in [0.25, 0.3) is 0 Å². The van der Waals surface area contributed by atoms with Gasteiger partial charge in [0.1, 0.15) is 12.1 Å². The van der Waals surface area contributed by atoms with Gasteiger partial charge in [0.25, 0.3) is 0 Å². The topological polar surface area (TPSA) is 81.9 Å². The molecule has 0 unspecified atom stereocenters. The molecule has 0 saturated heterocycles. The van der Waals surface area contributed by atoms with E-state index < -0.39 is 17.7 Å². The zero-order valence-electron chi connectivity index (χ0n) is 13.8. The van der Waals surface area contributed by atoms with Gasteiger partial charge in [0, 0.05) is 11.4 Å². The Bertz CT molecular complexity index is 550. The number of nitrogens with zero attached hydrogens (tertiary/aromatic N) is 1. The Morgan fingerprint density at radius 1 is 1.27 bits per heavy atom. The van der Waals surface area contributed by atoms with E-state index in [-0.39, 0.29) is 13.2 Å². The first-order valence-electron chi connectivity index (χ1n) is 7.16. The van der Waals surface area contributed by atoms with E-state index in [2.05, 4.69) is 0 Å². The molecule has 122 valence electrons. The average molecular weight is 308 g/mol. The molecule has 0 spiro atoms. The molecule has 1 aromatic carbocycles. The highest BCUT2D eigenvalue weighted by molar-refractivity contribution is 5.94. The quantitative estimate of drug-likeness (QED) is 0.683. The molecule has 0 atom stereocenters. The summed E-state index contributed by atoms with van der Waals surface area (Å²) in [5, 5.41) is 0. The lowest BCUT2D eigenvalue weighted by molar-refractivity contribution is -0.141. The highest BCUT2D eigenvalue weighted by Crippen LogP contribution is 2.22. The second-order valence-electron chi connectivity index (χ2n) is 5.91. The van der Waals surface area contributed by atoms with E-state index in [0.717, 1.165) is 5.56 Å². The van der Waals surface area contributed by atoms with Crippen LogP contribution in [0.15, 0.2) is 18.2 Å². The van der Waals surface area contributed by atoms with Gasteiger partial charge in [-0.25, -0.2) is 4.79 Å². The maximum atomic E-state index is 12.4. The minimum Gasteiger partial charge on any atom is -0.465 e. The summed E-state index contributed by atoms with van der Waals surface area (Å²) in [6.07, 6.45) is -0.607. The fraction of sp³-hybridized carbons (Fsp3) is 0.500. The number of aryl methyl sites for hydroxylation is 1. The van der Waals surface area contributed by atoms with E-state index >= 15 is 0 Å². The summed E-state index contributed by atoms with van der Waals surface area (Å²) in [5.41, 5.74) is 7.10. The van der Waals surface area contributed by atoms with E-state index in [1.807, 2.05) is 6.92 Å². The fourth-order valence-corrected chi connectivity index (χ4v) is 1.74. The normalized spacial score (nSPS) is 11.0. The average Bonchev–Trinajstić information content (AvgIpc) is 2.37. The maximum Gasteiger partial charge on any atom is 0.415 e. The first kappa shape index (κ1) is 17.8. The Hall–Kier alpha value is -2.24. The number of nitrogen functional groups attached to an aromatic ring is 1. The van der Waals surface area contributed by atoms with Crippen LogP contribution in [0.5, 0.6) is 0 Å². The summed E-state index contributed by atoms with van der Waals surface area (Å²) in [4.78, 5) is 25.4. The molecule has 2 N–H and O–H groups in total. The molecule has 22 heavy (non-hydrogen) atoms. The van der Waals surface area contributed by atoms with E-state index in [0.29, 0.717) is 11.4 Å². The lowest BCUT2D eigenvalue weighted by Crippen LogP contribution is -2.40. The molecule has 0 aromatic heterocycles. The largest absolute Gasteiger partial charge is 0.465 e. The SMILES string of the molecule is CCOC(=O)CN(C(=O)OC(C)(C)C)c1ccc(N)c(C)c1. The van der Waals surface area contributed by atoms with Crippen LogP contribution in [0.4, 0.5) is 16.2 Å². The molecular weight excluding hydrogens is 284 g/mol. The smallest absolute Gasteiger partial charge is 0.415 e. The summed E-state index contributed by atoms with van der Waals surface area (Å²) in [6, 6.07) is 5.09. The third-order valence-electron chi connectivity index (χ3n) is 2.77. The van der Waals surface area contributed by atoms with Gasteiger partial charge in [-0.15, -0.1) is 0 Å². The Labute approximate surface area is 131 Å². The summed E-state index contributed by atoms with van der Waals surface area (Å²) >= 11 is 0. The number of amides is 1. The predicted molar refractivity (Wildman–Crippen MR) is 85.8 cm³/mol. The van der Waals surface area contributed by atoms with Gasteiger partial charge in [-0.3, -0.25) is 9.69 Å². The molecule has 6 nitrogen and oxygen atoms in total. The second-order valence-corrected chi connectivity index (χ2v) is 5.91. The minimum atomic E-state index is -0.660. The number of carbonyl (C=O) groups excluding carboxylic acids is 2. The second kappa shape index (κ2) is 7.15. The van der Waals surface area contributed by atoms with Gasteiger partial charge < -0.3 is 15.2 Å². The Kier molecular flexibility index (Phi) is 5.79. The van der Waals surface area contributed by atoms with Crippen molar-refractivity contribution in [3.05, 3.63) is 23.8 Å². The number of esters is 1. The highest BCUT2D eigenvalue weighted by Gasteiger charge is 2.26. The van der Waals surface area contributed by atoms with Crippen molar-refractivity contribution < 1.29 is 19.1 Å². The van der Waals surface area contributed by atoms with Crippen molar-refractivity contribution in [3.8, 4) is 0 Å². The van der Waals surface area contributed by atoms with Crippen LogP contribution >= 0.6 is 0 Å². The number of nitrogens with two attached hydrogens (primary N) is 1. The molecule has 0 saturated carbocycles. The Balaban J connectivity index is 3.06. The van der Waals surface area contributed by atoms with Crippen molar-refractivity contribution in [3.63, 3.8) is 0 Å². The molecule has 0 heterocycles. The third kappa shape index (κ3) is 5.27. The number of hydrogen-bond acceptors (Lipinski definition) is 5. The zero-order valence-corrected chi connectivity index (χ0v) is 13.8. The molecule has 0 fully saturated rings. The molecule has 6 heteroatoms. The van der Waals surface area contributed by atoms with Crippen LogP contribution in [-0.2, 0) is 14.3 Å². The molecule has 0 aliphatic rings. The van der Waals surface area contributed by atoms with Crippen LogP contribution in [0, 0.1) is 6.92 Å². The van der Waals surface area contributed by atoms with Crippen LogP contribution in [-0.4, -0.2) is 30.8 Å². The van der Waals surface area contributed by atoms with Crippen LogP contribution < -0.4 is 10.6 Å². The monoisotopic (exact) mass is 308 g/mol. The molecule has 0 aliphatic carbocycles. The van der Waals surface area contributed by atoms with Crippen LogP contribution in [0.3, 0.4) is 0 Å². The van der Waals surface area contributed by atoms with Gasteiger partial charge in [0.05, 0.1) is 6.61 Å². The van der Waals surface area contributed by atoms with Gasteiger partial charge in [-0.05, 0) is 58.4 Å². The minimum absolute atomic E-state index is 0.216. The molecule has 1 amide bonds. The zero-order chi connectivity index (χ0) is 16.9. The van der Waals surface area contributed by atoms with Crippen molar-refractivity contribution >= 4 is 23.4 Å². The van der Waals surface area contributed by atoms with Gasteiger partial charge in [0.15, 0.2) is 0 Å².